The Morgan fingerprint density at radius 3 is 3.00 bits per heavy atom. The molecule has 0 bridgehead atoms. The normalized spacial score (nSPS) is 17.9. The van der Waals surface area contributed by atoms with E-state index in [9.17, 15) is 4.79 Å². The number of aryl methyl sites for hydroxylation is 1. The molecule has 1 aromatic heterocycles. The zero-order chi connectivity index (χ0) is 15.0. The number of thioether (sulfide) groups is 1. The van der Waals surface area contributed by atoms with E-state index in [1.54, 1.807) is 18.9 Å². The Morgan fingerprint density at radius 1 is 1.48 bits per heavy atom. The van der Waals surface area contributed by atoms with E-state index >= 15 is 0 Å². The first kappa shape index (κ1) is 14.5. The lowest BCUT2D eigenvalue weighted by atomic mass is 10.0. The smallest absolute Gasteiger partial charge is 0.235 e. The molecule has 0 aliphatic carbocycles. The maximum absolute atomic E-state index is 11.8. The van der Waals surface area contributed by atoms with Crippen molar-refractivity contribution in [2.24, 2.45) is 0 Å². The quantitative estimate of drug-likeness (QED) is 0.854. The number of halogens is 1. The lowest BCUT2D eigenvalue weighted by Gasteiger charge is -2.16. The highest BCUT2D eigenvalue weighted by Gasteiger charge is 2.28. The molecule has 1 atom stereocenters. The fourth-order valence-electron chi connectivity index (χ4n) is 2.37. The van der Waals surface area contributed by atoms with E-state index in [4.69, 9.17) is 4.74 Å². The average Bonchev–Trinajstić information content (AvgIpc) is 2.72. The van der Waals surface area contributed by atoms with Gasteiger partial charge in [-0.2, -0.15) is 5.10 Å². The van der Waals surface area contributed by atoms with Crippen LogP contribution in [0.3, 0.4) is 0 Å². The van der Waals surface area contributed by atoms with E-state index < -0.39 is 0 Å². The largest absolute Gasteiger partial charge is 0.496 e. The number of fused-ring (bicyclic) bond motifs is 1. The Morgan fingerprint density at radius 2 is 2.29 bits per heavy atom. The van der Waals surface area contributed by atoms with Gasteiger partial charge >= 0.3 is 0 Å². The lowest BCUT2D eigenvalue weighted by molar-refractivity contribution is -0.113. The monoisotopic (exact) mass is 367 g/mol. The van der Waals surface area contributed by atoms with Crippen molar-refractivity contribution in [3.05, 3.63) is 39.5 Å². The van der Waals surface area contributed by atoms with Crippen LogP contribution in [0, 0.1) is 6.92 Å². The summed E-state index contributed by atoms with van der Waals surface area (Å²) < 4.78 is 6.17. The van der Waals surface area contributed by atoms with Gasteiger partial charge in [-0.3, -0.25) is 9.89 Å². The fourth-order valence-corrected chi connectivity index (χ4v) is 4.12. The number of carbonyl (C=O) groups excluding carboxylic acids is 1. The summed E-state index contributed by atoms with van der Waals surface area (Å²) in [6, 6.07) is 5.98. The van der Waals surface area contributed by atoms with E-state index in [0.29, 0.717) is 11.6 Å². The highest BCUT2D eigenvalue weighted by Crippen LogP contribution is 2.43. The summed E-state index contributed by atoms with van der Waals surface area (Å²) in [4.78, 5) is 11.8. The van der Waals surface area contributed by atoms with Crippen LogP contribution >= 0.6 is 27.7 Å². The van der Waals surface area contributed by atoms with Crippen molar-refractivity contribution >= 4 is 39.4 Å². The van der Waals surface area contributed by atoms with Crippen LogP contribution in [0.15, 0.2) is 22.7 Å². The van der Waals surface area contributed by atoms with Crippen molar-refractivity contribution in [1.82, 2.24) is 10.2 Å². The highest BCUT2D eigenvalue weighted by atomic mass is 79.9. The number of carbonyl (C=O) groups is 1. The molecule has 1 unspecified atom stereocenters. The number of hydrogen-bond donors (Lipinski definition) is 2. The van der Waals surface area contributed by atoms with Crippen molar-refractivity contribution in [2.45, 2.75) is 12.2 Å². The molecule has 0 spiro atoms. The number of aromatic nitrogens is 2. The van der Waals surface area contributed by atoms with Crippen molar-refractivity contribution in [1.29, 1.82) is 0 Å². The first-order chi connectivity index (χ1) is 10.1. The Balaban J connectivity index is 2.07. The summed E-state index contributed by atoms with van der Waals surface area (Å²) in [5, 5.41) is 10.0. The fraction of sp³-hybridized carbons (Fsp3) is 0.286. The Bertz CT molecular complexity index is 702. The van der Waals surface area contributed by atoms with E-state index in [1.807, 2.05) is 25.1 Å². The third kappa shape index (κ3) is 2.67. The van der Waals surface area contributed by atoms with Gasteiger partial charge in [0.25, 0.3) is 0 Å². The molecule has 2 heterocycles. The maximum atomic E-state index is 11.8. The summed E-state index contributed by atoms with van der Waals surface area (Å²) in [7, 11) is 1.64. The molecular formula is C14H14BrN3O2S. The van der Waals surface area contributed by atoms with Gasteiger partial charge in [0.15, 0.2) is 5.82 Å². The van der Waals surface area contributed by atoms with Crippen molar-refractivity contribution in [3.8, 4) is 5.75 Å². The van der Waals surface area contributed by atoms with Gasteiger partial charge in [0, 0.05) is 11.3 Å². The second kappa shape index (κ2) is 5.73. The molecule has 0 radical (unpaired) electrons. The number of rotatable bonds is 2. The Hall–Kier alpha value is -1.47. The first-order valence-electron chi connectivity index (χ1n) is 6.40. The van der Waals surface area contributed by atoms with Gasteiger partial charge in [0.05, 0.1) is 22.6 Å². The predicted molar refractivity (Wildman–Crippen MR) is 86.9 cm³/mol. The summed E-state index contributed by atoms with van der Waals surface area (Å²) in [6.07, 6.45) is 0. The van der Waals surface area contributed by atoms with E-state index in [0.717, 1.165) is 27.0 Å². The molecule has 110 valence electrons. The summed E-state index contributed by atoms with van der Waals surface area (Å²) in [5.41, 5.74) is 3.11. The van der Waals surface area contributed by atoms with Crippen LogP contribution in [-0.2, 0) is 4.79 Å². The third-order valence-corrected chi connectivity index (χ3v) is 5.26. The molecule has 7 heteroatoms. The number of aromatic amines is 1. The van der Waals surface area contributed by atoms with Crippen LogP contribution in [0.5, 0.6) is 5.75 Å². The van der Waals surface area contributed by atoms with Gasteiger partial charge in [-0.25, -0.2) is 0 Å². The molecule has 1 aliphatic rings. The molecule has 1 aliphatic heterocycles. The number of hydrogen-bond acceptors (Lipinski definition) is 4. The van der Waals surface area contributed by atoms with E-state index in [-0.39, 0.29) is 11.2 Å². The summed E-state index contributed by atoms with van der Waals surface area (Å²) in [6.45, 7) is 1.97. The van der Waals surface area contributed by atoms with Crippen LogP contribution in [0.1, 0.15) is 22.1 Å². The minimum atomic E-state index is -0.0252. The lowest BCUT2D eigenvalue weighted by Crippen LogP contribution is -2.12. The first-order valence-corrected chi connectivity index (χ1v) is 8.24. The second-order valence-corrected chi connectivity index (χ2v) is 6.69. The predicted octanol–water partition coefficient (Wildman–Crippen LogP) is 3.26. The maximum Gasteiger partial charge on any atom is 0.235 e. The average molecular weight is 368 g/mol. The standard InChI is InChI=1S/C14H14BrN3O2S/c1-7-12-13(8-3-4-10(20-2)9(15)5-8)21-6-11(19)16-14(12)18-17-7/h3-5,13H,6H2,1-2H3,(H2,16,17,18,19). The highest BCUT2D eigenvalue weighted by molar-refractivity contribution is 9.10. The SMILES string of the molecule is COc1ccc(C2SCC(=O)Nc3n[nH]c(C)c32)cc1Br. The molecule has 2 aromatic rings. The molecule has 5 nitrogen and oxygen atoms in total. The van der Waals surface area contributed by atoms with Gasteiger partial charge in [0.2, 0.25) is 5.91 Å². The molecule has 21 heavy (non-hydrogen) atoms. The second-order valence-electron chi connectivity index (χ2n) is 4.74. The van der Waals surface area contributed by atoms with Gasteiger partial charge in [-0.15, -0.1) is 11.8 Å². The molecule has 0 fully saturated rings. The Kier molecular flexibility index (Phi) is 3.95. The number of ether oxygens (including phenoxy) is 1. The molecule has 0 saturated carbocycles. The van der Waals surface area contributed by atoms with Crippen LogP contribution < -0.4 is 10.1 Å². The number of nitrogens with one attached hydrogen (secondary N) is 2. The van der Waals surface area contributed by atoms with Crippen LogP contribution in [0.4, 0.5) is 5.82 Å². The van der Waals surface area contributed by atoms with Gasteiger partial charge in [0.1, 0.15) is 5.75 Å². The molecule has 1 amide bonds. The molecule has 1 aromatic carbocycles. The Labute approximate surface area is 135 Å². The summed E-state index contributed by atoms with van der Waals surface area (Å²) >= 11 is 5.11. The topological polar surface area (TPSA) is 67.0 Å². The van der Waals surface area contributed by atoms with Gasteiger partial charge in [-0.05, 0) is 40.5 Å². The van der Waals surface area contributed by atoms with E-state index in [1.165, 1.54) is 0 Å². The van der Waals surface area contributed by atoms with Crippen molar-refractivity contribution < 1.29 is 9.53 Å². The molecule has 0 saturated heterocycles. The number of amides is 1. The number of anilines is 1. The van der Waals surface area contributed by atoms with Gasteiger partial charge < -0.3 is 10.1 Å². The third-order valence-electron chi connectivity index (χ3n) is 3.37. The number of nitrogens with zero attached hydrogens (tertiary/aromatic N) is 1. The summed E-state index contributed by atoms with van der Waals surface area (Å²) in [5.74, 6) is 1.79. The van der Waals surface area contributed by atoms with Crippen molar-refractivity contribution in [2.75, 3.05) is 18.2 Å². The number of H-pyrrole nitrogens is 1. The van der Waals surface area contributed by atoms with Crippen molar-refractivity contribution in [3.63, 3.8) is 0 Å². The molecular weight excluding hydrogens is 354 g/mol. The number of methoxy groups -OCH3 is 1. The zero-order valence-corrected chi connectivity index (χ0v) is 14.0. The van der Waals surface area contributed by atoms with Crippen LogP contribution in [-0.4, -0.2) is 29.0 Å². The van der Waals surface area contributed by atoms with Gasteiger partial charge in [-0.1, -0.05) is 6.07 Å². The van der Waals surface area contributed by atoms with Crippen LogP contribution in [0.2, 0.25) is 0 Å². The molecule has 2 N–H and O–H groups in total. The minimum absolute atomic E-state index is 0.0252. The minimum Gasteiger partial charge on any atom is -0.496 e. The van der Waals surface area contributed by atoms with E-state index in [2.05, 4.69) is 31.4 Å². The molecule has 3 rings (SSSR count). The zero-order valence-electron chi connectivity index (χ0n) is 11.6. The van der Waals surface area contributed by atoms with Crippen LogP contribution in [0.25, 0.3) is 0 Å². The number of benzene rings is 1.